The zero-order chi connectivity index (χ0) is 14.0. The Morgan fingerprint density at radius 2 is 2.05 bits per heavy atom. The maximum Gasteiger partial charge on any atom is 0.207 e. The molecule has 0 amide bonds. The van der Waals surface area contributed by atoms with E-state index in [4.69, 9.17) is 0 Å². The molecule has 1 aromatic carbocycles. The third kappa shape index (κ3) is 3.38. The average molecular weight is 322 g/mol. The van der Waals surface area contributed by atoms with E-state index in [0.717, 1.165) is 28.3 Å². The van der Waals surface area contributed by atoms with Crippen molar-refractivity contribution in [3.63, 3.8) is 0 Å². The molecule has 1 N–H and O–H groups in total. The van der Waals surface area contributed by atoms with E-state index in [2.05, 4.69) is 76.0 Å². The van der Waals surface area contributed by atoms with Crippen LogP contribution in [-0.4, -0.2) is 16.1 Å². The number of imidazole rings is 1. The van der Waals surface area contributed by atoms with Crippen molar-refractivity contribution >= 4 is 21.9 Å². The normalized spacial score (nSPS) is 11.1. The highest BCUT2D eigenvalue weighted by atomic mass is 79.9. The lowest BCUT2D eigenvalue weighted by Gasteiger charge is -2.13. The first-order chi connectivity index (χ1) is 8.97. The Kier molecular flexibility index (Phi) is 4.30. The maximum absolute atomic E-state index is 4.56. The molecule has 0 fully saturated rings. The van der Waals surface area contributed by atoms with Crippen LogP contribution in [0.1, 0.15) is 25.1 Å². The smallest absolute Gasteiger partial charge is 0.207 e. The lowest BCUT2D eigenvalue weighted by atomic mass is 10.2. The molecule has 0 atom stereocenters. The predicted molar refractivity (Wildman–Crippen MR) is 84.1 cm³/mol. The number of anilines is 1. The van der Waals surface area contributed by atoms with Crippen molar-refractivity contribution in [1.29, 1.82) is 0 Å². The predicted octanol–water partition coefficient (Wildman–Crippen LogP) is 4.32. The van der Waals surface area contributed by atoms with Gasteiger partial charge in [0.1, 0.15) is 0 Å². The highest BCUT2D eigenvalue weighted by Gasteiger charge is 2.10. The summed E-state index contributed by atoms with van der Waals surface area (Å²) in [6.07, 6.45) is 2.06. The molecular formula is C15H20BrN3. The van der Waals surface area contributed by atoms with Crippen molar-refractivity contribution in [1.82, 2.24) is 9.55 Å². The molecule has 0 aliphatic carbocycles. The summed E-state index contributed by atoms with van der Waals surface area (Å²) in [5.74, 6) is 1.49. The lowest BCUT2D eigenvalue weighted by molar-refractivity contribution is 0.683. The molecule has 0 unspecified atom stereocenters. The van der Waals surface area contributed by atoms with Crippen molar-refractivity contribution in [2.24, 2.45) is 5.92 Å². The van der Waals surface area contributed by atoms with Gasteiger partial charge in [0.15, 0.2) is 0 Å². The first-order valence-electron chi connectivity index (χ1n) is 6.53. The highest BCUT2D eigenvalue weighted by molar-refractivity contribution is 9.10. The van der Waals surface area contributed by atoms with Gasteiger partial charge in [0.25, 0.3) is 0 Å². The summed E-state index contributed by atoms with van der Waals surface area (Å²) in [4.78, 5) is 4.56. The second-order valence-electron chi connectivity index (χ2n) is 5.31. The molecule has 0 radical (unpaired) electrons. The van der Waals surface area contributed by atoms with Crippen LogP contribution in [0.15, 0.2) is 28.9 Å². The van der Waals surface area contributed by atoms with Crippen LogP contribution in [0.5, 0.6) is 0 Å². The molecular weight excluding hydrogens is 302 g/mol. The molecule has 19 heavy (non-hydrogen) atoms. The molecule has 0 saturated carbocycles. The number of hydrogen-bond acceptors (Lipinski definition) is 2. The van der Waals surface area contributed by atoms with Crippen LogP contribution < -0.4 is 5.32 Å². The van der Waals surface area contributed by atoms with Crippen LogP contribution in [0.2, 0.25) is 0 Å². The number of halogens is 1. The Balaban J connectivity index is 2.40. The van der Waals surface area contributed by atoms with Gasteiger partial charge in [-0.2, -0.15) is 0 Å². The summed E-state index contributed by atoms with van der Waals surface area (Å²) >= 11 is 3.61. The number of hydrogen-bond donors (Lipinski definition) is 1. The molecule has 3 nitrogen and oxygen atoms in total. The van der Waals surface area contributed by atoms with Gasteiger partial charge in [0, 0.05) is 17.2 Å². The van der Waals surface area contributed by atoms with Gasteiger partial charge < -0.3 is 5.32 Å². The van der Waals surface area contributed by atoms with Gasteiger partial charge in [-0.1, -0.05) is 19.9 Å². The van der Waals surface area contributed by atoms with E-state index in [1.165, 1.54) is 5.56 Å². The van der Waals surface area contributed by atoms with Crippen LogP contribution >= 0.6 is 15.9 Å². The Morgan fingerprint density at radius 3 is 2.74 bits per heavy atom. The monoisotopic (exact) mass is 321 g/mol. The van der Waals surface area contributed by atoms with Crippen LogP contribution in [-0.2, 0) is 0 Å². The first kappa shape index (κ1) is 14.1. The Morgan fingerprint density at radius 1 is 1.32 bits per heavy atom. The van der Waals surface area contributed by atoms with Gasteiger partial charge in [0.05, 0.1) is 11.4 Å². The fraction of sp³-hybridized carbons (Fsp3) is 0.400. The largest absolute Gasteiger partial charge is 0.355 e. The summed E-state index contributed by atoms with van der Waals surface area (Å²) in [6, 6.07) is 6.33. The molecule has 4 heteroatoms. The Hall–Kier alpha value is -1.29. The highest BCUT2D eigenvalue weighted by Crippen LogP contribution is 2.25. The van der Waals surface area contributed by atoms with Crippen molar-refractivity contribution in [2.45, 2.75) is 27.7 Å². The van der Waals surface area contributed by atoms with Crippen LogP contribution in [0, 0.1) is 19.8 Å². The van der Waals surface area contributed by atoms with Gasteiger partial charge in [-0.15, -0.1) is 0 Å². The molecule has 0 saturated heterocycles. The van der Waals surface area contributed by atoms with Crippen LogP contribution in [0.4, 0.5) is 5.95 Å². The number of benzene rings is 1. The zero-order valence-electron chi connectivity index (χ0n) is 11.9. The third-order valence-electron chi connectivity index (χ3n) is 2.86. The average Bonchev–Trinajstić information content (AvgIpc) is 2.71. The van der Waals surface area contributed by atoms with Crippen molar-refractivity contribution in [2.75, 3.05) is 11.9 Å². The van der Waals surface area contributed by atoms with E-state index in [0.29, 0.717) is 5.92 Å². The van der Waals surface area contributed by atoms with Gasteiger partial charge in [-0.3, -0.25) is 4.57 Å². The second kappa shape index (κ2) is 5.78. The quantitative estimate of drug-likeness (QED) is 0.908. The number of nitrogens with one attached hydrogen (secondary N) is 1. The van der Waals surface area contributed by atoms with Gasteiger partial charge >= 0.3 is 0 Å². The van der Waals surface area contributed by atoms with E-state index < -0.39 is 0 Å². The minimum atomic E-state index is 0.589. The minimum Gasteiger partial charge on any atom is -0.355 e. The van der Waals surface area contributed by atoms with E-state index in [-0.39, 0.29) is 0 Å². The summed E-state index contributed by atoms with van der Waals surface area (Å²) in [5, 5.41) is 3.41. The van der Waals surface area contributed by atoms with E-state index >= 15 is 0 Å². The topological polar surface area (TPSA) is 29.9 Å². The Bertz CT molecular complexity index is 573. The summed E-state index contributed by atoms with van der Waals surface area (Å²) in [6.45, 7) is 9.41. The third-order valence-corrected chi connectivity index (χ3v) is 3.53. The summed E-state index contributed by atoms with van der Waals surface area (Å²) in [5.41, 5.74) is 3.37. The summed E-state index contributed by atoms with van der Waals surface area (Å²) in [7, 11) is 0. The van der Waals surface area contributed by atoms with E-state index in [9.17, 15) is 0 Å². The molecule has 102 valence electrons. The molecule has 0 aliphatic rings. The number of aryl methyl sites for hydroxylation is 2. The molecule has 0 bridgehead atoms. The minimum absolute atomic E-state index is 0.589. The first-order valence-corrected chi connectivity index (χ1v) is 7.33. The van der Waals surface area contributed by atoms with Crippen LogP contribution in [0.25, 0.3) is 5.69 Å². The SMILES string of the molecule is Cc1ccc(Br)c(-n2cc(C)nc2NCC(C)C)c1. The number of nitrogens with zero attached hydrogens (tertiary/aromatic N) is 2. The molecule has 2 rings (SSSR count). The van der Waals surface area contributed by atoms with Crippen molar-refractivity contribution in [3.8, 4) is 5.69 Å². The standard InChI is InChI=1S/C15H20BrN3/c1-10(2)8-17-15-18-12(4)9-19(15)14-7-11(3)5-6-13(14)16/h5-7,9-10H,8H2,1-4H3,(H,17,18). The summed E-state index contributed by atoms with van der Waals surface area (Å²) < 4.78 is 3.18. The van der Waals surface area contributed by atoms with Gasteiger partial charge in [0.2, 0.25) is 5.95 Å². The fourth-order valence-corrected chi connectivity index (χ4v) is 2.35. The van der Waals surface area contributed by atoms with Gasteiger partial charge in [-0.05, 0) is 53.4 Å². The van der Waals surface area contributed by atoms with E-state index in [1.54, 1.807) is 0 Å². The number of rotatable bonds is 4. The fourth-order valence-electron chi connectivity index (χ4n) is 1.91. The molecule has 2 aromatic rings. The molecule has 1 aromatic heterocycles. The van der Waals surface area contributed by atoms with Gasteiger partial charge in [-0.25, -0.2) is 4.98 Å². The number of aromatic nitrogens is 2. The molecule has 1 heterocycles. The molecule has 0 spiro atoms. The van der Waals surface area contributed by atoms with Crippen LogP contribution in [0.3, 0.4) is 0 Å². The lowest BCUT2D eigenvalue weighted by Crippen LogP contribution is -2.12. The van der Waals surface area contributed by atoms with Crippen molar-refractivity contribution in [3.05, 3.63) is 40.1 Å². The second-order valence-corrected chi connectivity index (χ2v) is 6.16. The molecule has 0 aliphatic heterocycles. The zero-order valence-corrected chi connectivity index (χ0v) is 13.5. The van der Waals surface area contributed by atoms with Crippen molar-refractivity contribution < 1.29 is 0 Å². The Labute approximate surface area is 123 Å². The van der Waals surface area contributed by atoms with E-state index in [1.807, 2.05) is 6.92 Å². The maximum atomic E-state index is 4.56.